The predicted molar refractivity (Wildman–Crippen MR) is 131 cm³/mol. The molecule has 2 heterocycles. The van der Waals surface area contributed by atoms with Crippen molar-refractivity contribution >= 4 is 45.3 Å². The molecule has 0 aliphatic heterocycles. The number of nitrogens with one attached hydrogen (secondary N) is 1. The van der Waals surface area contributed by atoms with Gasteiger partial charge in [0.15, 0.2) is 5.16 Å². The lowest BCUT2D eigenvalue weighted by atomic mass is 10.2. The van der Waals surface area contributed by atoms with E-state index in [1.54, 1.807) is 4.57 Å². The summed E-state index contributed by atoms with van der Waals surface area (Å²) in [5.74, 6) is 1.42. The van der Waals surface area contributed by atoms with Gasteiger partial charge in [-0.1, -0.05) is 53.7 Å². The third-order valence-electron chi connectivity index (χ3n) is 5.18. The van der Waals surface area contributed by atoms with Crippen molar-refractivity contribution in [1.29, 1.82) is 0 Å². The van der Waals surface area contributed by atoms with Gasteiger partial charge in [0, 0.05) is 21.7 Å². The number of para-hydroxylation sites is 1. The number of benzene rings is 3. The molecule has 0 atom stereocenters. The van der Waals surface area contributed by atoms with E-state index < -0.39 is 0 Å². The number of aromatic amines is 1. The zero-order chi connectivity index (χ0) is 22.1. The molecule has 160 valence electrons. The van der Waals surface area contributed by atoms with E-state index in [1.165, 1.54) is 11.8 Å². The van der Waals surface area contributed by atoms with Gasteiger partial charge >= 0.3 is 0 Å². The van der Waals surface area contributed by atoms with Gasteiger partial charge in [-0.05, 0) is 55.0 Å². The standard InChI is InChI=1S/C25H20ClN3O2S/c1-2-31-19-13-11-18(12-14-19)29-24(30)23-22(20-5-3-4-6-21(20)27-23)28-25(29)32-15-16-7-9-17(26)10-8-16/h3-14,27H,2,15H2,1H3. The van der Waals surface area contributed by atoms with E-state index in [4.69, 9.17) is 21.3 Å². The normalized spacial score (nSPS) is 11.3. The minimum Gasteiger partial charge on any atom is -0.494 e. The van der Waals surface area contributed by atoms with Gasteiger partial charge in [0.25, 0.3) is 5.56 Å². The van der Waals surface area contributed by atoms with Gasteiger partial charge in [-0.15, -0.1) is 0 Å². The quantitative estimate of drug-likeness (QED) is 0.241. The van der Waals surface area contributed by atoms with Crippen LogP contribution < -0.4 is 10.3 Å². The highest BCUT2D eigenvalue weighted by atomic mass is 35.5. The van der Waals surface area contributed by atoms with Crippen LogP contribution in [0.2, 0.25) is 5.02 Å². The molecule has 0 aliphatic carbocycles. The van der Waals surface area contributed by atoms with Crippen LogP contribution in [0.1, 0.15) is 12.5 Å². The predicted octanol–water partition coefficient (Wildman–Crippen LogP) is 6.21. The molecule has 0 unspecified atom stereocenters. The molecule has 0 amide bonds. The molecule has 0 saturated heterocycles. The molecule has 0 aliphatic rings. The number of aromatic nitrogens is 3. The second-order valence-electron chi connectivity index (χ2n) is 7.27. The summed E-state index contributed by atoms with van der Waals surface area (Å²) in [6.45, 7) is 2.53. The van der Waals surface area contributed by atoms with Crippen molar-refractivity contribution in [1.82, 2.24) is 14.5 Å². The van der Waals surface area contributed by atoms with E-state index in [1.807, 2.05) is 79.7 Å². The molecule has 0 bridgehead atoms. The molecule has 0 fully saturated rings. The number of hydrogen-bond acceptors (Lipinski definition) is 4. The minimum atomic E-state index is -0.131. The van der Waals surface area contributed by atoms with Crippen molar-refractivity contribution < 1.29 is 4.74 Å². The van der Waals surface area contributed by atoms with Crippen LogP contribution in [0.3, 0.4) is 0 Å². The van der Waals surface area contributed by atoms with E-state index in [2.05, 4.69) is 4.98 Å². The Bertz CT molecular complexity index is 1460. The number of H-pyrrole nitrogens is 1. The maximum atomic E-state index is 13.6. The molecular formula is C25H20ClN3O2S. The number of halogens is 1. The van der Waals surface area contributed by atoms with Gasteiger partial charge in [0.05, 0.1) is 12.3 Å². The molecule has 0 saturated carbocycles. The smallest absolute Gasteiger partial charge is 0.283 e. The summed E-state index contributed by atoms with van der Waals surface area (Å²) in [5, 5.41) is 2.27. The highest BCUT2D eigenvalue weighted by molar-refractivity contribution is 7.98. The van der Waals surface area contributed by atoms with E-state index in [-0.39, 0.29) is 5.56 Å². The van der Waals surface area contributed by atoms with E-state index >= 15 is 0 Å². The minimum absolute atomic E-state index is 0.131. The number of ether oxygens (including phenoxy) is 1. The fourth-order valence-electron chi connectivity index (χ4n) is 3.65. The van der Waals surface area contributed by atoms with Crippen molar-refractivity contribution in [3.05, 3.63) is 93.7 Å². The lowest BCUT2D eigenvalue weighted by Gasteiger charge is -2.13. The zero-order valence-corrected chi connectivity index (χ0v) is 18.9. The topological polar surface area (TPSA) is 59.9 Å². The molecule has 2 aromatic heterocycles. The number of hydrogen-bond donors (Lipinski definition) is 1. The summed E-state index contributed by atoms with van der Waals surface area (Å²) in [6.07, 6.45) is 0. The maximum Gasteiger partial charge on any atom is 0.283 e. The lowest BCUT2D eigenvalue weighted by molar-refractivity contribution is 0.340. The monoisotopic (exact) mass is 461 g/mol. The van der Waals surface area contributed by atoms with Crippen molar-refractivity contribution in [2.75, 3.05) is 6.61 Å². The average molecular weight is 462 g/mol. The van der Waals surface area contributed by atoms with Crippen LogP contribution in [0.4, 0.5) is 0 Å². The Morgan fingerprint density at radius 1 is 1.03 bits per heavy atom. The Kier molecular flexibility index (Phi) is 5.64. The largest absolute Gasteiger partial charge is 0.494 e. The highest BCUT2D eigenvalue weighted by Gasteiger charge is 2.17. The van der Waals surface area contributed by atoms with Gasteiger partial charge in [-0.2, -0.15) is 0 Å². The van der Waals surface area contributed by atoms with Crippen LogP contribution in [0.25, 0.3) is 27.6 Å². The number of fused-ring (bicyclic) bond motifs is 3. The van der Waals surface area contributed by atoms with Gasteiger partial charge in [-0.3, -0.25) is 9.36 Å². The van der Waals surface area contributed by atoms with Crippen LogP contribution in [0, 0.1) is 0 Å². The third-order valence-corrected chi connectivity index (χ3v) is 6.44. The average Bonchev–Trinajstić information content (AvgIpc) is 3.19. The molecule has 5 aromatic rings. The van der Waals surface area contributed by atoms with Crippen molar-refractivity contribution in [3.63, 3.8) is 0 Å². The first-order valence-electron chi connectivity index (χ1n) is 10.3. The molecule has 7 heteroatoms. The summed E-state index contributed by atoms with van der Waals surface area (Å²) in [7, 11) is 0. The molecule has 32 heavy (non-hydrogen) atoms. The fourth-order valence-corrected chi connectivity index (χ4v) is 4.74. The maximum absolute atomic E-state index is 13.6. The van der Waals surface area contributed by atoms with Gasteiger partial charge < -0.3 is 9.72 Å². The highest BCUT2D eigenvalue weighted by Crippen LogP contribution is 2.29. The second-order valence-corrected chi connectivity index (χ2v) is 8.65. The first kappa shape index (κ1) is 20.7. The molecular weight excluding hydrogens is 442 g/mol. The van der Waals surface area contributed by atoms with Gasteiger partial charge in [0.1, 0.15) is 16.8 Å². The molecule has 5 rings (SSSR count). The Hall–Kier alpha value is -3.22. The summed E-state index contributed by atoms with van der Waals surface area (Å²) < 4.78 is 7.22. The lowest BCUT2D eigenvalue weighted by Crippen LogP contribution is -2.21. The Morgan fingerprint density at radius 3 is 2.53 bits per heavy atom. The van der Waals surface area contributed by atoms with Crippen LogP contribution >= 0.6 is 23.4 Å². The van der Waals surface area contributed by atoms with E-state index in [0.29, 0.717) is 33.6 Å². The zero-order valence-electron chi connectivity index (χ0n) is 17.3. The fraction of sp³-hybridized carbons (Fsp3) is 0.120. The van der Waals surface area contributed by atoms with Crippen LogP contribution in [-0.2, 0) is 5.75 Å². The van der Waals surface area contributed by atoms with Crippen LogP contribution in [-0.4, -0.2) is 21.1 Å². The molecule has 3 aromatic carbocycles. The summed E-state index contributed by atoms with van der Waals surface area (Å²) >= 11 is 7.54. The van der Waals surface area contributed by atoms with Crippen molar-refractivity contribution in [2.45, 2.75) is 17.8 Å². The number of thioether (sulfide) groups is 1. The van der Waals surface area contributed by atoms with Gasteiger partial charge in [0.2, 0.25) is 0 Å². The SMILES string of the molecule is CCOc1ccc(-n2c(SCc3ccc(Cl)cc3)nc3c([nH]c4ccccc43)c2=O)cc1. The summed E-state index contributed by atoms with van der Waals surface area (Å²) in [5.41, 5.74) is 3.79. The first-order valence-corrected chi connectivity index (χ1v) is 11.6. The van der Waals surface area contributed by atoms with Crippen LogP contribution in [0.5, 0.6) is 5.75 Å². The summed E-state index contributed by atoms with van der Waals surface area (Å²) in [6, 6.07) is 23.0. The summed E-state index contributed by atoms with van der Waals surface area (Å²) in [4.78, 5) is 21.8. The van der Waals surface area contributed by atoms with Crippen molar-refractivity contribution in [3.8, 4) is 11.4 Å². The molecule has 0 spiro atoms. The molecule has 5 nitrogen and oxygen atoms in total. The van der Waals surface area contributed by atoms with E-state index in [0.717, 1.165) is 27.9 Å². The first-order chi connectivity index (χ1) is 15.6. The Morgan fingerprint density at radius 2 is 1.78 bits per heavy atom. The number of rotatable bonds is 6. The Labute approximate surface area is 194 Å². The van der Waals surface area contributed by atoms with Crippen LogP contribution in [0.15, 0.2) is 82.7 Å². The molecule has 1 N–H and O–H groups in total. The second kappa shape index (κ2) is 8.73. The number of nitrogens with zero attached hydrogens (tertiary/aromatic N) is 2. The third kappa shape index (κ3) is 3.87. The molecule has 0 radical (unpaired) electrons. The Balaban J connectivity index is 1.65. The van der Waals surface area contributed by atoms with E-state index in [9.17, 15) is 4.79 Å². The van der Waals surface area contributed by atoms with Crippen molar-refractivity contribution in [2.24, 2.45) is 0 Å². The van der Waals surface area contributed by atoms with Gasteiger partial charge in [-0.25, -0.2) is 4.98 Å².